The lowest BCUT2D eigenvalue weighted by molar-refractivity contribution is -0.136. The van der Waals surface area contributed by atoms with E-state index in [1.165, 1.54) is 0 Å². The molecular formula is C19H26FNO2. The molecule has 2 aliphatic carbocycles. The maximum absolute atomic E-state index is 14.3. The number of hydrogen-bond donors (Lipinski definition) is 2. The van der Waals surface area contributed by atoms with Crippen LogP contribution in [0.4, 0.5) is 4.39 Å². The minimum atomic E-state index is -1.28. The average molecular weight is 319 g/mol. The van der Waals surface area contributed by atoms with Gasteiger partial charge in [-0.15, -0.1) is 0 Å². The molecule has 0 radical (unpaired) electrons. The quantitative estimate of drug-likeness (QED) is 0.818. The Balaban J connectivity index is 2.24. The predicted octanol–water partition coefficient (Wildman–Crippen LogP) is 4.15. The first-order chi connectivity index (χ1) is 10.7. The summed E-state index contributed by atoms with van der Waals surface area (Å²) in [6.45, 7) is 7.95. The van der Waals surface area contributed by atoms with Gasteiger partial charge < -0.3 is 10.4 Å². The number of carboxylic acid groups (broad SMARTS) is 1. The van der Waals surface area contributed by atoms with E-state index in [2.05, 4.69) is 18.8 Å². The highest BCUT2D eigenvalue weighted by Crippen LogP contribution is 2.43. The second kappa shape index (κ2) is 6.73. The number of halogens is 1. The smallest absolute Gasteiger partial charge is 0.309 e. The second-order valence-corrected chi connectivity index (χ2v) is 6.83. The van der Waals surface area contributed by atoms with Gasteiger partial charge in [0.05, 0.1) is 6.42 Å². The molecule has 0 aliphatic heterocycles. The van der Waals surface area contributed by atoms with E-state index >= 15 is 0 Å². The Morgan fingerprint density at radius 3 is 2.91 bits per heavy atom. The Morgan fingerprint density at radius 2 is 2.30 bits per heavy atom. The third kappa shape index (κ3) is 4.12. The number of allylic oxidation sites excluding steroid dienone is 6. The van der Waals surface area contributed by atoms with Crippen molar-refractivity contribution in [1.82, 2.24) is 5.32 Å². The SMILES string of the molecule is C=C1C2=C(CCC(/C=C(/CC(=O)O)NC)C1C)CC(C)(F)C=C2. The van der Waals surface area contributed by atoms with Crippen molar-refractivity contribution in [2.24, 2.45) is 11.8 Å². The van der Waals surface area contributed by atoms with Gasteiger partial charge in [0.2, 0.25) is 0 Å². The van der Waals surface area contributed by atoms with Crippen LogP contribution >= 0.6 is 0 Å². The number of carboxylic acids is 1. The molecule has 0 aromatic rings. The number of rotatable bonds is 4. The number of hydrogen-bond acceptors (Lipinski definition) is 2. The molecule has 2 rings (SSSR count). The maximum atomic E-state index is 14.3. The molecule has 3 atom stereocenters. The fourth-order valence-corrected chi connectivity index (χ4v) is 3.48. The summed E-state index contributed by atoms with van der Waals surface area (Å²) in [6.07, 6.45) is 7.64. The number of alkyl halides is 1. The first kappa shape index (κ1) is 17.5. The fraction of sp³-hybridized carbons (Fsp3) is 0.526. The van der Waals surface area contributed by atoms with Crippen molar-refractivity contribution in [3.8, 4) is 0 Å². The molecule has 0 amide bonds. The molecule has 0 bridgehead atoms. The summed E-state index contributed by atoms with van der Waals surface area (Å²) in [4.78, 5) is 10.9. The van der Waals surface area contributed by atoms with Crippen molar-refractivity contribution in [2.45, 2.75) is 45.2 Å². The van der Waals surface area contributed by atoms with E-state index in [0.29, 0.717) is 12.1 Å². The van der Waals surface area contributed by atoms with Gasteiger partial charge in [-0.3, -0.25) is 4.79 Å². The first-order valence-corrected chi connectivity index (χ1v) is 8.13. The van der Waals surface area contributed by atoms with Gasteiger partial charge in [0.1, 0.15) is 5.67 Å². The third-order valence-electron chi connectivity index (χ3n) is 4.93. The summed E-state index contributed by atoms with van der Waals surface area (Å²) in [5.74, 6) is -0.443. The molecule has 3 unspecified atom stereocenters. The van der Waals surface area contributed by atoms with Crippen LogP contribution in [0.3, 0.4) is 0 Å². The van der Waals surface area contributed by atoms with Gasteiger partial charge in [-0.05, 0) is 48.8 Å². The molecule has 2 aliphatic rings. The average Bonchev–Trinajstić information content (AvgIpc) is 2.57. The summed E-state index contributed by atoms with van der Waals surface area (Å²) < 4.78 is 14.3. The summed E-state index contributed by atoms with van der Waals surface area (Å²) >= 11 is 0. The highest BCUT2D eigenvalue weighted by molar-refractivity contribution is 5.69. The zero-order valence-corrected chi connectivity index (χ0v) is 14.2. The molecule has 2 N–H and O–H groups in total. The molecule has 0 spiro atoms. The Morgan fingerprint density at radius 1 is 1.61 bits per heavy atom. The van der Waals surface area contributed by atoms with Crippen molar-refractivity contribution < 1.29 is 14.3 Å². The van der Waals surface area contributed by atoms with Gasteiger partial charge in [0.25, 0.3) is 0 Å². The Labute approximate surface area is 137 Å². The van der Waals surface area contributed by atoms with Gasteiger partial charge in [0.15, 0.2) is 0 Å². The number of carbonyl (C=O) groups is 1. The minimum absolute atomic E-state index is 0.0121. The van der Waals surface area contributed by atoms with E-state index in [1.807, 2.05) is 12.2 Å². The Hall–Kier alpha value is -1.84. The number of nitrogens with one attached hydrogen (secondary N) is 1. The lowest BCUT2D eigenvalue weighted by Gasteiger charge is -2.26. The van der Waals surface area contributed by atoms with Crippen LogP contribution in [0.1, 0.15) is 39.5 Å². The van der Waals surface area contributed by atoms with Gasteiger partial charge in [-0.2, -0.15) is 0 Å². The van der Waals surface area contributed by atoms with Crippen molar-refractivity contribution >= 4 is 5.97 Å². The van der Waals surface area contributed by atoms with E-state index < -0.39 is 11.6 Å². The van der Waals surface area contributed by atoms with Crippen LogP contribution in [-0.4, -0.2) is 23.8 Å². The van der Waals surface area contributed by atoms with Crippen LogP contribution in [0, 0.1) is 11.8 Å². The van der Waals surface area contributed by atoms with Crippen molar-refractivity contribution in [3.05, 3.63) is 47.2 Å². The molecule has 3 nitrogen and oxygen atoms in total. The Bertz CT molecular complexity index is 598. The molecular weight excluding hydrogens is 293 g/mol. The third-order valence-corrected chi connectivity index (χ3v) is 4.93. The Kier molecular flexibility index (Phi) is 5.12. The van der Waals surface area contributed by atoms with Gasteiger partial charge in [-0.25, -0.2) is 4.39 Å². The highest BCUT2D eigenvalue weighted by atomic mass is 19.1. The lowest BCUT2D eigenvalue weighted by Crippen LogP contribution is -2.19. The van der Waals surface area contributed by atoms with Crippen LogP contribution in [0.5, 0.6) is 0 Å². The molecule has 0 fully saturated rings. The van der Waals surface area contributed by atoms with E-state index in [9.17, 15) is 9.18 Å². The second-order valence-electron chi connectivity index (χ2n) is 6.83. The van der Waals surface area contributed by atoms with Crippen molar-refractivity contribution in [3.63, 3.8) is 0 Å². The largest absolute Gasteiger partial charge is 0.481 e. The molecule has 0 heterocycles. The lowest BCUT2D eigenvalue weighted by atomic mass is 9.82. The normalized spacial score (nSPS) is 31.7. The molecule has 0 saturated carbocycles. The van der Waals surface area contributed by atoms with E-state index in [1.54, 1.807) is 20.0 Å². The zero-order chi connectivity index (χ0) is 17.2. The van der Waals surface area contributed by atoms with Crippen molar-refractivity contribution in [2.75, 3.05) is 7.05 Å². The first-order valence-electron chi connectivity index (χ1n) is 8.13. The summed E-state index contributed by atoms with van der Waals surface area (Å²) in [7, 11) is 1.74. The minimum Gasteiger partial charge on any atom is -0.481 e. The summed E-state index contributed by atoms with van der Waals surface area (Å²) in [5, 5.41) is 12.0. The summed E-state index contributed by atoms with van der Waals surface area (Å²) in [5.41, 5.74) is 2.68. The topological polar surface area (TPSA) is 49.3 Å². The van der Waals surface area contributed by atoms with Crippen LogP contribution in [0.2, 0.25) is 0 Å². The van der Waals surface area contributed by atoms with Gasteiger partial charge in [-0.1, -0.05) is 31.2 Å². The predicted molar refractivity (Wildman–Crippen MR) is 90.7 cm³/mol. The highest BCUT2D eigenvalue weighted by Gasteiger charge is 2.32. The molecule has 0 aromatic carbocycles. The van der Waals surface area contributed by atoms with E-state index in [-0.39, 0.29) is 18.3 Å². The monoisotopic (exact) mass is 319 g/mol. The van der Waals surface area contributed by atoms with Gasteiger partial charge in [0, 0.05) is 19.2 Å². The van der Waals surface area contributed by atoms with Crippen LogP contribution < -0.4 is 5.32 Å². The molecule has 126 valence electrons. The zero-order valence-electron chi connectivity index (χ0n) is 14.2. The van der Waals surface area contributed by atoms with Crippen LogP contribution in [-0.2, 0) is 4.79 Å². The van der Waals surface area contributed by atoms with E-state index in [4.69, 9.17) is 5.11 Å². The van der Waals surface area contributed by atoms with Crippen molar-refractivity contribution in [1.29, 1.82) is 0 Å². The van der Waals surface area contributed by atoms with Gasteiger partial charge >= 0.3 is 5.97 Å². The standard InChI is InChI=1S/C19H26FNO2/c1-12-13(2)17-7-8-19(3,20)11-15(17)6-5-14(12)9-16(21-4)10-18(22)23/h7-9,12,14,21H,2,5-6,10-11H2,1,3-4H3,(H,22,23)/b16-9-. The van der Waals surface area contributed by atoms with Crippen LogP contribution in [0.15, 0.2) is 47.2 Å². The van der Waals surface area contributed by atoms with Crippen LogP contribution in [0.25, 0.3) is 0 Å². The summed E-state index contributed by atoms with van der Waals surface area (Å²) in [6, 6.07) is 0. The van der Waals surface area contributed by atoms with E-state index in [0.717, 1.165) is 29.6 Å². The number of aliphatic carboxylic acids is 1. The molecule has 0 saturated heterocycles. The fourth-order valence-electron chi connectivity index (χ4n) is 3.48. The molecule has 4 heteroatoms. The molecule has 0 aromatic heterocycles. The molecule has 23 heavy (non-hydrogen) atoms. The maximum Gasteiger partial charge on any atom is 0.309 e.